The van der Waals surface area contributed by atoms with E-state index in [4.69, 9.17) is 10.8 Å². The molecule has 0 saturated carbocycles. The molecule has 0 aliphatic carbocycles. The molecule has 0 aromatic carbocycles. The molecule has 5 heteroatoms. The van der Waals surface area contributed by atoms with Crippen LogP contribution in [0.25, 0.3) is 0 Å². The lowest BCUT2D eigenvalue weighted by Crippen LogP contribution is -2.11. The largest absolute Gasteiger partial charge is 0.476 e. The molecule has 60 valence electrons. The highest BCUT2D eigenvalue weighted by Crippen LogP contribution is 2.09. The number of aromatic carboxylic acids is 1. The van der Waals surface area contributed by atoms with Crippen LogP contribution in [0.15, 0.2) is 6.33 Å². The van der Waals surface area contributed by atoms with Crippen molar-refractivity contribution in [1.82, 2.24) is 9.97 Å². The van der Waals surface area contributed by atoms with Gasteiger partial charge in [0.15, 0.2) is 5.69 Å². The molecule has 1 rings (SSSR count). The third-order valence-electron chi connectivity index (χ3n) is 1.33. The van der Waals surface area contributed by atoms with Gasteiger partial charge in [-0.1, -0.05) is 0 Å². The molecule has 1 aromatic rings. The molecular formula is C6H9N3O2. The van der Waals surface area contributed by atoms with Crippen LogP contribution in [0.2, 0.25) is 0 Å². The van der Waals surface area contributed by atoms with Crippen molar-refractivity contribution in [1.29, 1.82) is 0 Å². The Morgan fingerprint density at radius 3 is 2.91 bits per heavy atom. The molecule has 5 nitrogen and oxygen atoms in total. The Morgan fingerprint density at radius 2 is 2.55 bits per heavy atom. The van der Waals surface area contributed by atoms with E-state index in [0.29, 0.717) is 5.69 Å². The first kappa shape index (κ1) is 7.74. The summed E-state index contributed by atoms with van der Waals surface area (Å²) in [6.07, 6.45) is 1.32. The molecule has 0 bridgehead atoms. The first-order valence-corrected chi connectivity index (χ1v) is 3.15. The number of carbonyl (C=O) groups is 1. The monoisotopic (exact) mass is 155 g/mol. The van der Waals surface area contributed by atoms with Gasteiger partial charge in [-0.2, -0.15) is 0 Å². The average Bonchev–Trinajstić information content (AvgIpc) is 2.32. The van der Waals surface area contributed by atoms with Crippen molar-refractivity contribution >= 4 is 5.97 Å². The fourth-order valence-electron chi connectivity index (χ4n) is 0.822. The summed E-state index contributed by atoms with van der Waals surface area (Å²) in [4.78, 5) is 16.7. The minimum atomic E-state index is -1.06. The molecule has 1 aromatic heterocycles. The molecule has 0 radical (unpaired) electrons. The van der Waals surface area contributed by atoms with Crippen LogP contribution in [0, 0.1) is 0 Å². The number of imidazole rings is 1. The number of nitrogens with zero attached hydrogens (tertiary/aromatic N) is 1. The van der Waals surface area contributed by atoms with Crippen LogP contribution >= 0.6 is 0 Å². The fraction of sp³-hybridized carbons (Fsp3) is 0.333. The summed E-state index contributed by atoms with van der Waals surface area (Å²) >= 11 is 0. The Kier molecular flexibility index (Phi) is 1.91. The van der Waals surface area contributed by atoms with Gasteiger partial charge >= 0.3 is 5.97 Å². The average molecular weight is 155 g/mol. The van der Waals surface area contributed by atoms with E-state index in [0.717, 1.165) is 0 Å². The normalized spacial score (nSPS) is 12.9. The summed E-state index contributed by atoms with van der Waals surface area (Å²) in [7, 11) is 0. The summed E-state index contributed by atoms with van der Waals surface area (Å²) in [5.74, 6) is -1.06. The van der Waals surface area contributed by atoms with E-state index < -0.39 is 5.97 Å². The molecule has 1 unspecified atom stereocenters. The Bertz CT molecular complexity index is 267. The molecule has 0 aliphatic heterocycles. The second-order valence-corrected chi connectivity index (χ2v) is 2.26. The molecule has 0 fully saturated rings. The van der Waals surface area contributed by atoms with Crippen LogP contribution in [-0.2, 0) is 0 Å². The Morgan fingerprint density at radius 1 is 1.91 bits per heavy atom. The molecule has 1 atom stereocenters. The van der Waals surface area contributed by atoms with E-state index in [1.165, 1.54) is 6.33 Å². The summed E-state index contributed by atoms with van der Waals surface area (Å²) in [6.45, 7) is 1.69. The maximum absolute atomic E-state index is 10.4. The minimum absolute atomic E-state index is 0.000000000000000222. The van der Waals surface area contributed by atoms with Crippen LogP contribution in [0.1, 0.15) is 29.1 Å². The van der Waals surface area contributed by atoms with Gasteiger partial charge in [0.2, 0.25) is 0 Å². The van der Waals surface area contributed by atoms with Gasteiger partial charge in [0.1, 0.15) is 0 Å². The Hall–Kier alpha value is -1.36. The van der Waals surface area contributed by atoms with Crippen LogP contribution in [0.5, 0.6) is 0 Å². The summed E-state index contributed by atoms with van der Waals surface area (Å²) in [6, 6.07) is -0.330. The highest BCUT2D eigenvalue weighted by Gasteiger charge is 2.15. The number of hydrogen-bond donors (Lipinski definition) is 3. The van der Waals surface area contributed by atoms with Crippen molar-refractivity contribution in [2.45, 2.75) is 13.0 Å². The van der Waals surface area contributed by atoms with Crippen molar-refractivity contribution < 1.29 is 9.90 Å². The molecule has 0 aliphatic rings. The van der Waals surface area contributed by atoms with Crippen molar-refractivity contribution in [3.8, 4) is 0 Å². The predicted molar refractivity (Wildman–Crippen MR) is 38.1 cm³/mol. The standard InChI is InChI=1S/C6H9N3O2/c1-3(7)4-5(6(10)11)9-2-8-4/h2-3H,7H2,1H3,(H,8,9)(H,10,11). The van der Waals surface area contributed by atoms with Crippen molar-refractivity contribution in [3.63, 3.8) is 0 Å². The number of hydrogen-bond acceptors (Lipinski definition) is 3. The summed E-state index contributed by atoms with van der Waals surface area (Å²) in [5.41, 5.74) is 5.92. The highest BCUT2D eigenvalue weighted by molar-refractivity contribution is 5.86. The fourth-order valence-corrected chi connectivity index (χ4v) is 0.822. The van der Waals surface area contributed by atoms with Crippen LogP contribution in [-0.4, -0.2) is 21.0 Å². The predicted octanol–water partition coefficient (Wildman–Crippen LogP) is 0.128. The lowest BCUT2D eigenvalue weighted by atomic mass is 10.2. The summed E-state index contributed by atoms with van der Waals surface area (Å²) < 4.78 is 0. The lowest BCUT2D eigenvalue weighted by molar-refractivity contribution is 0.0689. The van der Waals surface area contributed by atoms with E-state index in [-0.39, 0.29) is 11.7 Å². The van der Waals surface area contributed by atoms with Gasteiger partial charge in [-0.05, 0) is 6.92 Å². The van der Waals surface area contributed by atoms with Gasteiger partial charge < -0.3 is 15.8 Å². The molecular weight excluding hydrogens is 146 g/mol. The van der Waals surface area contributed by atoms with Gasteiger partial charge in [0, 0.05) is 6.04 Å². The zero-order chi connectivity index (χ0) is 8.43. The molecule has 0 saturated heterocycles. The molecule has 0 spiro atoms. The van der Waals surface area contributed by atoms with Crippen LogP contribution < -0.4 is 5.73 Å². The zero-order valence-electron chi connectivity index (χ0n) is 6.03. The number of H-pyrrole nitrogens is 1. The Balaban J connectivity index is 3.06. The topological polar surface area (TPSA) is 92.0 Å². The number of nitrogens with one attached hydrogen (secondary N) is 1. The Labute approximate surface area is 63.3 Å². The third kappa shape index (κ3) is 1.38. The van der Waals surface area contributed by atoms with E-state index in [1.54, 1.807) is 6.92 Å². The number of carboxylic acid groups (broad SMARTS) is 1. The maximum atomic E-state index is 10.4. The molecule has 1 heterocycles. The minimum Gasteiger partial charge on any atom is -0.476 e. The second kappa shape index (κ2) is 2.71. The van der Waals surface area contributed by atoms with Gasteiger partial charge in [0.05, 0.1) is 12.0 Å². The first-order valence-electron chi connectivity index (χ1n) is 3.15. The van der Waals surface area contributed by atoms with Crippen molar-refractivity contribution in [2.24, 2.45) is 5.73 Å². The van der Waals surface area contributed by atoms with E-state index in [9.17, 15) is 4.79 Å². The number of nitrogens with two attached hydrogens (primary N) is 1. The molecule has 11 heavy (non-hydrogen) atoms. The number of rotatable bonds is 2. The van der Waals surface area contributed by atoms with Gasteiger partial charge in [-0.15, -0.1) is 0 Å². The van der Waals surface area contributed by atoms with Crippen LogP contribution in [0.4, 0.5) is 0 Å². The number of aromatic amines is 1. The first-order chi connectivity index (χ1) is 5.13. The van der Waals surface area contributed by atoms with E-state index in [1.807, 2.05) is 0 Å². The highest BCUT2D eigenvalue weighted by atomic mass is 16.4. The van der Waals surface area contributed by atoms with Crippen LogP contribution in [0.3, 0.4) is 0 Å². The summed E-state index contributed by atoms with van der Waals surface area (Å²) in [5, 5.41) is 8.57. The maximum Gasteiger partial charge on any atom is 0.356 e. The van der Waals surface area contributed by atoms with Gasteiger partial charge in [-0.3, -0.25) is 0 Å². The lowest BCUT2D eigenvalue weighted by Gasteiger charge is -2.01. The zero-order valence-corrected chi connectivity index (χ0v) is 6.03. The molecule has 4 N–H and O–H groups in total. The number of aromatic nitrogens is 2. The number of carboxylic acids is 1. The smallest absolute Gasteiger partial charge is 0.356 e. The van der Waals surface area contributed by atoms with Crippen molar-refractivity contribution in [3.05, 3.63) is 17.7 Å². The van der Waals surface area contributed by atoms with Crippen molar-refractivity contribution in [2.75, 3.05) is 0 Å². The van der Waals surface area contributed by atoms with Gasteiger partial charge in [-0.25, -0.2) is 9.78 Å². The molecule has 0 amide bonds. The third-order valence-corrected chi connectivity index (χ3v) is 1.33. The van der Waals surface area contributed by atoms with E-state index >= 15 is 0 Å². The van der Waals surface area contributed by atoms with E-state index in [2.05, 4.69) is 9.97 Å². The second-order valence-electron chi connectivity index (χ2n) is 2.26. The SMILES string of the molecule is CC(N)c1[nH]cnc1C(=O)O. The quantitative estimate of drug-likeness (QED) is 0.565. The van der Waals surface area contributed by atoms with Gasteiger partial charge in [0.25, 0.3) is 0 Å².